The topological polar surface area (TPSA) is 67.7 Å². The summed E-state index contributed by atoms with van der Waals surface area (Å²) in [6.07, 6.45) is 3.56. The quantitative estimate of drug-likeness (QED) is 0.881. The van der Waals surface area contributed by atoms with Crippen molar-refractivity contribution in [1.29, 1.82) is 0 Å². The number of halogens is 2. The lowest BCUT2D eigenvalue weighted by molar-refractivity contribution is -0.0522. The number of fused-ring (bicyclic) bond motifs is 1. The molecule has 2 aromatic heterocycles. The molecule has 4 nitrogen and oxygen atoms in total. The molecule has 2 aromatic rings. The highest BCUT2D eigenvalue weighted by molar-refractivity contribution is 6.02. The average Bonchev–Trinajstić information content (AvgIpc) is 2.81. The van der Waals surface area contributed by atoms with Crippen LogP contribution in [0.5, 0.6) is 0 Å². The number of primary amides is 1. The Morgan fingerprint density at radius 1 is 1.42 bits per heavy atom. The molecule has 0 radical (unpaired) electrons. The third-order valence-electron chi connectivity index (χ3n) is 4.89. The Morgan fingerprint density at radius 3 is 2.88 bits per heavy atom. The summed E-state index contributed by atoms with van der Waals surface area (Å²) >= 11 is 0. The minimum atomic E-state index is -2.63. The van der Waals surface area contributed by atoms with E-state index in [0.717, 1.165) is 12.1 Å². The van der Waals surface area contributed by atoms with Crippen molar-refractivity contribution >= 4 is 11.4 Å². The molecule has 0 aliphatic heterocycles. The number of amides is 1. The molecule has 0 spiro atoms. The molecular weight excluding hydrogens is 314 g/mol. The van der Waals surface area contributed by atoms with Gasteiger partial charge in [-0.2, -0.15) is 0 Å². The monoisotopic (exact) mass is 336 g/mol. The van der Waals surface area contributed by atoms with Gasteiger partial charge in [0.15, 0.2) is 0 Å². The van der Waals surface area contributed by atoms with Crippen molar-refractivity contribution in [3.63, 3.8) is 0 Å². The van der Waals surface area contributed by atoms with Gasteiger partial charge in [-0.05, 0) is 42.9 Å². The molecule has 0 saturated heterocycles. The molecule has 3 rings (SSSR count). The van der Waals surface area contributed by atoms with Crippen LogP contribution in [0.25, 0.3) is 5.52 Å². The van der Waals surface area contributed by atoms with Crippen molar-refractivity contribution in [3.8, 4) is 0 Å². The number of rotatable bonds is 5. The zero-order valence-corrected chi connectivity index (χ0v) is 13.5. The number of aliphatic hydroxyl groups is 1. The van der Waals surface area contributed by atoms with Crippen LogP contribution < -0.4 is 5.73 Å². The Kier molecular flexibility index (Phi) is 4.58. The Balaban J connectivity index is 2.06. The molecule has 24 heavy (non-hydrogen) atoms. The van der Waals surface area contributed by atoms with E-state index in [0.29, 0.717) is 35.9 Å². The fourth-order valence-electron chi connectivity index (χ4n) is 3.94. The molecular formula is C18H22F2N2O2. The van der Waals surface area contributed by atoms with Crippen LogP contribution in [0.15, 0.2) is 24.4 Å². The standard InChI is InChI=1S/C18H22F2N2O2/c19-18(20)7-3-4-12(11-18)10-13-14(6-9-23)22-8-2-1-5-15(22)16(13)17(21)24/h1-2,5,8,12,23H,3-4,6-7,9-11H2,(H2,21,24). The Bertz CT molecular complexity index is 755. The van der Waals surface area contributed by atoms with E-state index in [1.165, 1.54) is 0 Å². The summed E-state index contributed by atoms with van der Waals surface area (Å²) in [6.45, 7) is -0.0764. The zero-order valence-electron chi connectivity index (χ0n) is 13.5. The van der Waals surface area contributed by atoms with E-state index in [-0.39, 0.29) is 25.4 Å². The van der Waals surface area contributed by atoms with Crippen LogP contribution in [-0.4, -0.2) is 27.9 Å². The second-order valence-corrected chi connectivity index (χ2v) is 6.62. The van der Waals surface area contributed by atoms with E-state index in [1.54, 1.807) is 6.07 Å². The first kappa shape index (κ1) is 16.9. The van der Waals surface area contributed by atoms with Gasteiger partial charge in [-0.3, -0.25) is 4.79 Å². The Labute approximate surface area is 139 Å². The van der Waals surface area contributed by atoms with Crippen molar-refractivity contribution in [2.24, 2.45) is 11.7 Å². The molecule has 1 saturated carbocycles. The summed E-state index contributed by atoms with van der Waals surface area (Å²) in [4.78, 5) is 12.0. The lowest BCUT2D eigenvalue weighted by atomic mass is 9.81. The van der Waals surface area contributed by atoms with Crippen molar-refractivity contribution < 1.29 is 18.7 Å². The van der Waals surface area contributed by atoms with Gasteiger partial charge >= 0.3 is 0 Å². The van der Waals surface area contributed by atoms with Crippen molar-refractivity contribution in [3.05, 3.63) is 41.2 Å². The summed E-state index contributed by atoms with van der Waals surface area (Å²) in [5.74, 6) is -3.37. The normalized spacial score (nSPS) is 20.4. The number of aromatic nitrogens is 1. The third kappa shape index (κ3) is 3.15. The minimum Gasteiger partial charge on any atom is -0.396 e. The van der Waals surface area contributed by atoms with Crippen molar-refractivity contribution in [1.82, 2.24) is 4.40 Å². The Hall–Kier alpha value is -1.95. The first-order valence-corrected chi connectivity index (χ1v) is 8.32. The molecule has 3 N–H and O–H groups in total. The predicted molar refractivity (Wildman–Crippen MR) is 87.3 cm³/mol. The number of carbonyl (C=O) groups is 1. The van der Waals surface area contributed by atoms with E-state index in [4.69, 9.17) is 5.73 Å². The van der Waals surface area contributed by atoms with Crippen LogP contribution in [0.3, 0.4) is 0 Å². The first-order chi connectivity index (χ1) is 11.4. The summed E-state index contributed by atoms with van der Waals surface area (Å²) in [5, 5.41) is 9.39. The predicted octanol–water partition coefficient (Wildman–Crippen LogP) is 2.94. The number of hydrogen-bond donors (Lipinski definition) is 2. The zero-order chi connectivity index (χ0) is 17.3. The molecule has 1 amide bonds. The van der Waals surface area contributed by atoms with Gasteiger partial charge in [0.25, 0.3) is 5.91 Å². The number of hydrogen-bond acceptors (Lipinski definition) is 2. The molecule has 1 atom stereocenters. The number of aliphatic hydroxyl groups excluding tert-OH is 1. The van der Waals surface area contributed by atoms with Crippen LogP contribution in [0, 0.1) is 5.92 Å². The summed E-state index contributed by atoms with van der Waals surface area (Å²) in [7, 11) is 0. The fraction of sp³-hybridized carbons (Fsp3) is 0.500. The van der Waals surface area contributed by atoms with Gasteiger partial charge in [-0.15, -0.1) is 0 Å². The molecule has 1 aliphatic rings. The lowest BCUT2D eigenvalue weighted by Crippen LogP contribution is -2.27. The highest BCUT2D eigenvalue weighted by Crippen LogP contribution is 2.39. The van der Waals surface area contributed by atoms with E-state index in [1.807, 2.05) is 22.7 Å². The van der Waals surface area contributed by atoms with Crippen LogP contribution >= 0.6 is 0 Å². The van der Waals surface area contributed by atoms with Gasteiger partial charge in [-0.25, -0.2) is 8.78 Å². The van der Waals surface area contributed by atoms with Gasteiger partial charge in [0.05, 0.1) is 11.1 Å². The SMILES string of the molecule is NC(=O)c1c(CC2CCCC(F)(F)C2)c(CCO)n2ccccc12. The summed E-state index contributed by atoms with van der Waals surface area (Å²) in [5.41, 5.74) is 8.16. The molecule has 1 unspecified atom stereocenters. The van der Waals surface area contributed by atoms with E-state index >= 15 is 0 Å². The number of alkyl halides is 2. The van der Waals surface area contributed by atoms with Gasteiger partial charge in [0.2, 0.25) is 5.92 Å². The van der Waals surface area contributed by atoms with Gasteiger partial charge in [-0.1, -0.05) is 6.07 Å². The minimum absolute atomic E-state index is 0.0621. The van der Waals surface area contributed by atoms with Gasteiger partial charge in [0, 0.05) is 37.8 Å². The molecule has 1 fully saturated rings. The largest absolute Gasteiger partial charge is 0.396 e. The molecule has 130 valence electrons. The first-order valence-electron chi connectivity index (χ1n) is 8.32. The fourth-order valence-corrected chi connectivity index (χ4v) is 3.94. The molecule has 0 aromatic carbocycles. The summed E-state index contributed by atoms with van der Waals surface area (Å²) < 4.78 is 29.3. The molecule has 6 heteroatoms. The van der Waals surface area contributed by atoms with Gasteiger partial charge in [0.1, 0.15) is 0 Å². The lowest BCUT2D eigenvalue weighted by Gasteiger charge is -2.29. The maximum Gasteiger partial charge on any atom is 0.251 e. The second kappa shape index (κ2) is 6.51. The highest BCUT2D eigenvalue weighted by atomic mass is 19.3. The van der Waals surface area contributed by atoms with E-state index in [2.05, 4.69) is 0 Å². The number of carbonyl (C=O) groups excluding carboxylic acids is 1. The second-order valence-electron chi connectivity index (χ2n) is 6.62. The summed E-state index contributed by atoms with van der Waals surface area (Å²) in [6, 6.07) is 5.43. The number of nitrogens with two attached hydrogens (primary N) is 1. The Morgan fingerprint density at radius 2 is 2.21 bits per heavy atom. The molecule has 2 heterocycles. The van der Waals surface area contributed by atoms with E-state index in [9.17, 15) is 18.7 Å². The molecule has 1 aliphatic carbocycles. The average molecular weight is 336 g/mol. The number of nitrogens with zero attached hydrogens (tertiary/aromatic N) is 1. The maximum absolute atomic E-state index is 13.7. The van der Waals surface area contributed by atoms with Crippen LogP contribution in [0.2, 0.25) is 0 Å². The highest BCUT2D eigenvalue weighted by Gasteiger charge is 2.37. The van der Waals surface area contributed by atoms with Crippen molar-refractivity contribution in [2.75, 3.05) is 6.61 Å². The van der Waals surface area contributed by atoms with E-state index < -0.39 is 11.8 Å². The molecule has 0 bridgehead atoms. The third-order valence-corrected chi connectivity index (χ3v) is 4.89. The van der Waals surface area contributed by atoms with Crippen LogP contribution in [-0.2, 0) is 12.8 Å². The van der Waals surface area contributed by atoms with Crippen LogP contribution in [0.1, 0.15) is 47.3 Å². The smallest absolute Gasteiger partial charge is 0.251 e. The number of pyridine rings is 1. The van der Waals surface area contributed by atoms with Crippen molar-refractivity contribution in [2.45, 2.75) is 44.4 Å². The maximum atomic E-state index is 13.7. The van der Waals surface area contributed by atoms with Gasteiger partial charge < -0.3 is 15.2 Å². The van der Waals surface area contributed by atoms with Crippen LogP contribution in [0.4, 0.5) is 8.78 Å².